The fraction of sp³-hybridized carbons (Fsp3) is 0.273. The summed E-state index contributed by atoms with van der Waals surface area (Å²) in [5.41, 5.74) is -1.50. The first-order chi connectivity index (χ1) is 14.7. The van der Waals surface area contributed by atoms with E-state index in [1.807, 2.05) is 0 Å². The second-order valence-electron chi connectivity index (χ2n) is 7.40. The molecule has 2 aromatic carbocycles. The average Bonchev–Trinajstić information content (AvgIpc) is 2.69. The number of carbonyl (C=O) groups excluding carboxylic acids is 2. The molecular formula is C22H16F4N2O3. The summed E-state index contributed by atoms with van der Waals surface area (Å²) in [6, 6.07) is 8.28. The summed E-state index contributed by atoms with van der Waals surface area (Å²) in [7, 11) is 0. The van der Waals surface area contributed by atoms with Crippen molar-refractivity contribution in [1.82, 2.24) is 4.90 Å². The van der Waals surface area contributed by atoms with Crippen molar-refractivity contribution in [3.8, 4) is 12.3 Å². The quantitative estimate of drug-likeness (QED) is 0.554. The monoisotopic (exact) mass is 432 g/mol. The predicted molar refractivity (Wildman–Crippen MR) is 102 cm³/mol. The molecule has 0 saturated carbocycles. The highest BCUT2D eigenvalue weighted by molar-refractivity contribution is 6.10. The third-order valence-corrected chi connectivity index (χ3v) is 5.46. The largest absolute Gasteiger partial charge is 0.416 e. The Hall–Kier alpha value is -3.38. The maximum Gasteiger partial charge on any atom is 0.416 e. The van der Waals surface area contributed by atoms with Gasteiger partial charge in [0.25, 0.3) is 5.91 Å². The summed E-state index contributed by atoms with van der Waals surface area (Å²) in [6.45, 7) is -0.649. The topological polar surface area (TPSA) is 49.9 Å². The molecule has 5 nitrogen and oxygen atoms in total. The zero-order valence-electron chi connectivity index (χ0n) is 16.1. The van der Waals surface area contributed by atoms with Gasteiger partial charge in [-0.2, -0.15) is 13.2 Å². The van der Waals surface area contributed by atoms with Crippen molar-refractivity contribution in [2.24, 2.45) is 0 Å². The number of nitrogens with zero attached hydrogens (tertiary/aromatic N) is 2. The SMILES string of the molecule is C#Cc1ccc(N2CC(=O)N(Cc3ccc(C(F)(F)F)cc3)C3(COC3)C2=O)c(F)c1. The first-order valence-corrected chi connectivity index (χ1v) is 9.28. The molecule has 2 aliphatic rings. The molecule has 2 fully saturated rings. The summed E-state index contributed by atoms with van der Waals surface area (Å²) in [5.74, 6) is 0.577. The van der Waals surface area contributed by atoms with Gasteiger partial charge in [0.15, 0.2) is 5.54 Å². The normalized spacial score (nSPS) is 18.2. The van der Waals surface area contributed by atoms with E-state index in [1.54, 1.807) is 0 Å². The molecule has 2 amide bonds. The van der Waals surface area contributed by atoms with E-state index in [0.717, 1.165) is 23.1 Å². The number of piperazine rings is 1. The lowest BCUT2D eigenvalue weighted by molar-refractivity contribution is -0.184. The molecule has 2 saturated heterocycles. The van der Waals surface area contributed by atoms with Crippen LogP contribution < -0.4 is 4.90 Å². The molecule has 2 aliphatic heterocycles. The van der Waals surface area contributed by atoms with Crippen molar-refractivity contribution in [2.45, 2.75) is 18.3 Å². The molecule has 0 aliphatic carbocycles. The molecule has 0 N–H and O–H groups in total. The van der Waals surface area contributed by atoms with Crippen molar-refractivity contribution in [2.75, 3.05) is 24.7 Å². The van der Waals surface area contributed by atoms with Gasteiger partial charge in [-0.25, -0.2) is 4.39 Å². The van der Waals surface area contributed by atoms with Crippen LogP contribution in [0.15, 0.2) is 42.5 Å². The average molecular weight is 432 g/mol. The van der Waals surface area contributed by atoms with E-state index < -0.39 is 41.5 Å². The lowest BCUT2D eigenvalue weighted by Crippen LogP contribution is -2.76. The predicted octanol–water partition coefficient (Wildman–Crippen LogP) is 2.97. The minimum Gasteiger partial charge on any atom is -0.375 e. The molecule has 0 radical (unpaired) electrons. The number of hydrogen-bond acceptors (Lipinski definition) is 3. The zero-order valence-corrected chi connectivity index (χ0v) is 16.1. The summed E-state index contributed by atoms with van der Waals surface area (Å²) >= 11 is 0. The second kappa shape index (κ2) is 7.39. The highest BCUT2D eigenvalue weighted by Crippen LogP contribution is 2.36. The number of ether oxygens (including phenoxy) is 1. The maximum atomic E-state index is 14.5. The van der Waals surface area contributed by atoms with Crippen LogP contribution in [-0.4, -0.2) is 42.0 Å². The number of benzene rings is 2. The summed E-state index contributed by atoms with van der Waals surface area (Å²) < 4.78 is 58.1. The van der Waals surface area contributed by atoms with Crippen LogP contribution >= 0.6 is 0 Å². The number of carbonyl (C=O) groups is 2. The molecule has 0 bridgehead atoms. The van der Waals surface area contributed by atoms with Crippen LogP contribution in [0.1, 0.15) is 16.7 Å². The minimum absolute atomic E-state index is 0.0710. The first kappa shape index (κ1) is 20.9. The van der Waals surface area contributed by atoms with Crippen LogP contribution in [0.25, 0.3) is 0 Å². The standard InChI is InChI=1S/C22H16F4N2O3/c1-2-14-5-8-18(17(23)9-14)27-11-19(29)28(21(20(27)30)12-31-13-21)10-15-3-6-16(7-4-15)22(24,25)26/h1,3-9H,10-13H2. The molecular weight excluding hydrogens is 416 g/mol. The molecule has 160 valence electrons. The number of alkyl halides is 3. The molecule has 1 spiro atoms. The Morgan fingerprint density at radius 1 is 1.10 bits per heavy atom. The summed E-state index contributed by atoms with van der Waals surface area (Å²) in [5, 5.41) is 0. The van der Waals surface area contributed by atoms with E-state index in [4.69, 9.17) is 11.2 Å². The van der Waals surface area contributed by atoms with Gasteiger partial charge in [-0.15, -0.1) is 6.42 Å². The van der Waals surface area contributed by atoms with E-state index in [2.05, 4.69) is 5.92 Å². The smallest absolute Gasteiger partial charge is 0.375 e. The number of terminal acetylenes is 1. The fourth-order valence-corrected chi connectivity index (χ4v) is 3.70. The number of anilines is 1. The third kappa shape index (κ3) is 3.53. The van der Waals surface area contributed by atoms with E-state index in [9.17, 15) is 27.2 Å². The van der Waals surface area contributed by atoms with Gasteiger partial charge in [-0.1, -0.05) is 18.1 Å². The van der Waals surface area contributed by atoms with Crippen molar-refractivity contribution in [3.63, 3.8) is 0 Å². The summed E-state index contributed by atoms with van der Waals surface area (Å²) in [6.07, 6.45) is 0.784. The molecule has 2 aromatic rings. The van der Waals surface area contributed by atoms with Gasteiger partial charge in [0, 0.05) is 12.1 Å². The van der Waals surface area contributed by atoms with E-state index in [-0.39, 0.29) is 25.4 Å². The van der Waals surface area contributed by atoms with Crippen LogP contribution in [0.4, 0.5) is 23.2 Å². The van der Waals surface area contributed by atoms with Crippen LogP contribution in [0.3, 0.4) is 0 Å². The van der Waals surface area contributed by atoms with Gasteiger partial charge in [0.2, 0.25) is 5.91 Å². The van der Waals surface area contributed by atoms with Gasteiger partial charge in [-0.05, 0) is 35.9 Å². The Morgan fingerprint density at radius 2 is 1.77 bits per heavy atom. The number of halogens is 4. The first-order valence-electron chi connectivity index (χ1n) is 9.28. The van der Waals surface area contributed by atoms with Gasteiger partial charge >= 0.3 is 6.18 Å². The number of rotatable bonds is 3. The minimum atomic E-state index is -4.47. The van der Waals surface area contributed by atoms with Crippen LogP contribution in [0.5, 0.6) is 0 Å². The number of amides is 2. The molecule has 4 rings (SSSR count). The molecule has 31 heavy (non-hydrogen) atoms. The zero-order chi connectivity index (χ0) is 22.4. The van der Waals surface area contributed by atoms with Gasteiger partial charge in [0.05, 0.1) is 24.5 Å². The summed E-state index contributed by atoms with van der Waals surface area (Å²) in [4.78, 5) is 28.6. The van der Waals surface area contributed by atoms with Gasteiger partial charge < -0.3 is 9.64 Å². The van der Waals surface area contributed by atoms with Crippen molar-refractivity contribution >= 4 is 17.5 Å². The highest BCUT2D eigenvalue weighted by Gasteiger charge is 2.58. The van der Waals surface area contributed by atoms with Crippen molar-refractivity contribution in [3.05, 3.63) is 65.0 Å². The van der Waals surface area contributed by atoms with E-state index >= 15 is 0 Å². The molecule has 2 heterocycles. The third-order valence-electron chi connectivity index (χ3n) is 5.46. The fourth-order valence-electron chi connectivity index (χ4n) is 3.70. The molecule has 9 heteroatoms. The molecule has 0 aromatic heterocycles. The molecule has 0 atom stereocenters. The van der Waals surface area contributed by atoms with E-state index in [0.29, 0.717) is 11.1 Å². The van der Waals surface area contributed by atoms with Crippen molar-refractivity contribution < 1.29 is 31.9 Å². The Labute approximate surface area is 175 Å². The Morgan fingerprint density at radius 3 is 2.29 bits per heavy atom. The van der Waals surface area contributed by atoms with Gasteiger partial charge in [0.1, 0.15) is 12.4 Å². The van der Waals surface area contributed by atoms with Crippen LogP contribution in [-0.2, 0) is 27.0 Å². The van der Waals surface area contributed by atoms with Gasteiger partial charge in [-0.3, -0.25) is 14.5 Å². The lowest BCUT2D eigenvalue weighted by atomic mass is 9.89. The second-order valence-corrected chi connectivity index (χ2v) is 7.40. The Kier molecular flexibility index (Phi) is 4.98. The number of hydrogen-bond donors (Lipinski definition) is 0. The van der Waals surface area contributed by atoms with E-state index in [1.165, 1.54) is 29.2 Å². The molecule has 0 unspecified atom stereocenters. The van der Waals surface area contributed by atoms with Crippen molar-refractivity contribution in [1.29, 1.82) is 0 Å². The Balaban J connectivity index is 1.62. The lowest BCUT2D eigenvalue weighted by Gasteiger charge is -2.53. The maximum absolute atomic E-state index is 14.5. The van der Waals surface area contributed by atoms with Crippen LogP contribution in [0.2, 0.25) is 0 Å². The highest BCUT2D eigenvalue weighted by atomic mass is 19.4. The van der Waals surface area contributed by atoms with Crippen LogP contribution in [0, 0.1) is 18.2 Å². The Bertz CT molecular complexity index is 1090.